The molecule has 2 fully saturated rings. The van der Waals surface area contributed by atoms with Crippen LogP contribution in [-0.2, 0) is 19.4 Å². The van der Waals surface area contributed by atoms with Gasteiger partial charge in [-0.05, 0) is 0 Å². The monoisotopic (exact) mass is 218 g/mol. The van der Waals surface area contributed by atoms with E-state index < -0.39 is 15.9 Å². The van der Waals surface area contributed by atoms with Crippen LogP contribution in [0.25, 0.3) is 0 Å². The van der Waals surface area contributed by atoms with Crippen molar-refractivity contribution in [2.24, 2.45) is 0 Å². The van der Waals surface area contributed by atoms with Crippen LogP contribution in [0.1, 0.15) is 0 Å². The second kappa shape index (κ2) is 2.94. The van der Waals surface area contributed by atoms with Gasteiger partial charge in [-0.3, -0.25) is 9.59 Å². The summed E-state index contributed by atoms with van der Waals surface area (Å²) in [4.78, 5) is 22.9. The molecule has 1 N–H and O–H groups in total. The lowest BCUT2D eigenvalue weighted by molar-refractivity contribution is -0.133. The molecule has 0 bridgehead atoms. The van der Waals surface area contributed by atoms with Gasteiger partial charge in [-0.15, -0.1) is 0 Å². The fraction of sp³-hybridized carbons (Fsp3) is 0.714. The van der Waals surface area contributed by atoms with Gasteiger partial charge in [0.2, 0.25) is 12.3 Å². The third kappa shape index (κ3) is 1.47. The van der Waals surface area contributed by atoms with Crippen LogP contribution in [0.15, 0.2) is 0 Å². The highest BCUT2D eigenvalue weighted by atomic mass is 32.2. The number of piperazine rings is 1. The van der Waals surface area contributed by atoms with Crippen molar-refractivity contribution in [2.75, 3.05) is 18.1 Å². The fourth-order valence-corrected chi connectivity index (χ4v) is 3.88. The topological polar surface area (TPSA) is 83.6 Å². The maximum atomic E-state index is 11.3. The molecule has 0 aromatic carbocycles. The molecule has 0 spiro atoms. The summed E-state index contributed by atoms with van der Waals surface area (Å²) in [6.45, 7) is -0.0415. The van der Waals surface area contributed by atoms with Gasteiger partial charge in [0.1, 0.15) is 0 Å². The van der Waals surface area contributed by atoms with Gasteiger partial charge in [-0.1, -0.05) is 0 Å². The minimum Gasteiger partial charge on any atom is -0.349 e. The average molecular weight is 218 g/mol. The first-order valence-electron chi connectivity index (χ1n) is 4.23. The van der Waals surface area contributed by atoms with Crippen LogP contribution in [-0.4, -0.2) is 55.8 Å². The Balaban J connectivity index is 2.27. The molecule has 78 valence electrons. The van der Waals surface area contributed by atoms with E-state index in [9.17, 15) is 18.0 Å². The molecule has 2 amide bonds. The van der Waals surface area contributed by atoms with Crippen molar-refractivity contribution in [3.63, 3.8) is 0 Å². The molecular formula is C7H10N2O4S. The number of hydrogen-bond donors (Lipinski definition) is 1. The fourth-order valence-electron chi connectivity index (χ4n) is 1.94. The van der Waals surface area contributed by atoms with Crippen molar-refractivity contribution in [3.05, 3.63) is 0 Å². The Morgan fingerprint density at radius 2 is 2.14 bits per heavy atom. The summed E-state index contributed by atoms with van der Waals surface area (Å²) in [5.74, 6) is -0.403. The maximum absolute atomic E-state index is 11.3. The van der Waals surface area contributed by atoms with Crippen LogP contribution < -0.4 is 5.32 Å². The Labute approximate surface area is 81.2 Å². The van der Waals surface area contributed by atoms with Crippen LogP contribution >= 0.6 is 0 Å². The predicted octanol–water partition coefficient (Wildman–Crippen LogP) is -2.26. The van der Waals surface area contributed by atoms with Crippen molar-refractivity contribution in [1.82, 2.24) is 10.2 Å². The van der Waals surface area contributed by atoms with Gasteiger partial charge in [0, 0.05) is 0 Å². The highest BCUT2D eigenvalue weighted by Gasteiger charge is 2.44. The van der Waals surface area contributed by atoms with Gasteiger partial charge in [0.25, 0.3) is 0 Å². The Kier molecular flexibility index (Phi) is 1.99. The summed E-state index contributed by atoms with van der Waals surface area (Å²) in [5.41, 5.74) is 0. The Bertz CT molecular complexity index is 377. The molecule has 2 rings (SSSR count). The number of nitrogens with zero attached hydrogens (tertiary/aromatic N) is 1. The van der Waals surface area contributed by atoms with Crippen molar-refractivity contribution < 1.29 is 18.0 Å². The molecule has 7 heteroatoms. The predicted molar refractivity (Wildman–Crippen MR) is 47.1 cm³/mol. The summed E-state index contributed by atoms with van der Waals surface area (Å²) < 4.78 is 22.5. The number of hydrogen-bond acceptors (Lipinski definition) is 4. The minimum atomic E-state index is -3.11. The third-order valence-electron chi connectivity index (χ3n) is 2.56. The Morgan fingerprint density at radius 3 is 2.79 bits per heavy atom. The molecule has 2 aliphatic heterocycles. The number of carbonyl (C=O) groups excluding carboxylic acids is 2. The number of amides is 2. The molecule has 2 heterocycles. The molecule has 0 radical (unpaired) electrons. The summed E-state index contributed by atoms with van der Waals surface area (Å²) in [6.07, 6.45) is 0.539. The third-order valence-corrected chi connectivity index (χ3v) is 4.27. The number of carbonyl (C=O) groups is 2. The zero-order chi connectivity index (χ0) is 10.3. The second-order valence-corrected chi connectivity index (χ2v) is 5.75. The van der Waals surface area contributed by atoms with Crippen LogP contribution in [0.3, 0.4) is 0 Å². The first-order chi connectivity index (χ1) is 6.52. The number of nitrogens with one attached hydrogen (secondary N) is 1. The molecule has 0 aliphatic carbocycles. The van der Waals surface area contributed by atoms with E-state index in [4.69, 9.17) is 0 Å². The summed E-state index contributed by atoms with van der Waals surface area (Å²) >= 11 is 0. The van der Waals surface area contributed by atoms with Gasteiger partial charge in [0.15, 0.2) is 9.84 Å². The van der Waals surface area contributed by atoms with Crippen LogP contribution in [0.5, 0.6) is 0 Å². The van der Waals surface area contributed by atoms with Gasteiger partial charge < -0.3 is 10.2 Å². The van der Waals surface area contributed by atoms with Gasteiger partial charge in [-0.25, -0.2) is 8.42 Å². The number of rotatable bonds is 1. The zero-order valence-corrected chi connectivity index (χ0v) is 8.16. The molecule has 2 aliphatic rings. The molecule has 2 atom stereocenters. The minimum absolute atomic E-state index is 0.0415. The van der Waals surface area contributed by atoms with Crippen LogP contribution in [0, 0.1) is 0 Å². The number of sulfone groups is 1. The summed E-state index contributed by atoms with van der Waals surface area (Å²) in [5, 5.41) is 2.58. The maximum Gasteiger partial charge on any atom is 0.239 e. The average Bonchev–Trinajstić information content (AvgIpc) is 2.37. The second-order valence-electron chi connectivity index (χ2n) is 3.60. The smallest absolute Gasteiger partial charge is 0.239 e. The Morgan fingerprint density at radius 1 is 1.43 bits per heavy atom. The summed E-state index contributed by atoms with van der Waals surface area (Å²) in [6, 6.07) is -0.804. The lowest BCUT2D eigenvalue weighted by atomic mass is 10.1. The normalized spacial score (nSPS) is 34.9. The van der Waals surface area contributed by atoms with Crippen LogP contribution in [0.4, 0.5) is 0 Å². The molecule has 6 nitrogen and oxygen atoms in total. The van der Waals surface area contributed by atoms with Crippen LogP contribution in [0.2, 0.25) is 0 Å². The lowest BCUT2D eigenvalue weighted by Crippen LogP contribution is -2.59. The van der Waals surface area contributed by atoms with E-state index in [0.29, 0.717) is 6.41 Å². The highest BCUT2D eigenvalue weighted by Crippen LogP contribution is 2.20. The SMILES string of the molecule is O=CN1CC(=O)NC2CS(=O)(=O)CC21. The molecule has 0 saturated carbocycles. The van der Waals surface area contributed by atoms with Crippen molar-refractivity contribution in [3.8, 4) is 0 Å². The van der Waals surface area contributed by atoms with E-state index in [1.807, 2.05) is 0 Å². The standard InChI is InChI=1S/C7H10N2O4S/c10-4-9-1-7(11)8-5-2-14(12,13)3-6(5)9/h4-6H,1-3H2,(H,8,11). The van der Waals surface area contributed by atoms with Gasteiger partial charge in [0.05, 0.1) is 30.1 Å². The molecule has 0 aromatic rings. The van der Waals surface area contributed by atoms with Crippen molar-refractivity contribution in [2.45, 2.75) is 12.1 Å². The summed E-state index contributed by atoms with van der Waals surface area (Å²) in [7, 11) is -3.11. The highest BCUT2D eigenvalue weighted by molar-refractivity contribution is 7.91. The quantitative estimate of drug-likeness (QED) is 0.503. The van der Waals surface area contributed by atoms with E-state index >= 15 is 0 Å². The largest absolute Gasteiger partial charge is 0.349 e. The van der Waals surface area contributed by atoms with Gasteiger partial charge >= 0.3 is 0 Å². The van der Waals surface area contributed by atoms with E-state index in [2.05, 4.69) is 5.32 Å². The molecule has 0 aromatic heterocycles. The van der Waals surface area contributed by atoms with Crippen molar-refractivity contribution >= 4 is 22.2 Å². The molecule has 2 unspecified atom stereocenters. The lowest BCUT2D eigenvalue weighted by Gasteiger charge is -2.33. The molecular weight excluding hydrogens is 208 g/mol. The first-order valence-corrected chi connectivity index (χ1v) is 6.05. The first kappa shape index (κ1) is 9.45. The van der Waals surface area contributed by atoms with E-state index in [1.165, 1.54) is 4.90 Å². The van der Waals surface area contributed by atoms with E-state index in [1.54, 1.807) is 0 Å². The molecule has 14 heavy (non-hydrogen) atoms. The van der Waals surface area contributed by atoms with E-state index in [-0.39, 0.29) is 30.0 Å². The molecule has 2 saturated heterocycles. The van der Waals surface area contributed by atoms with Crippen molar-refractivity contribution in [1.29, 1.82) is 0 Å². The number of fused-ring (bicyclic) bond motifs is 1. The van der Waals surface area contributed by atoms with Gasteiger partial charge in [-0.2, -0.15) is 0 Å². The van der Waals surface area contributed by atoms with E-state index in [0.717, 1.165) is 0 Å². The zero-order valence-electron chi connectivity index (χ0n) is 7.34. The Hall–Kier alpha value is -1.11.